The van der Waals surface area contributed by atoms with Crippen LogP contribution in [0.15, 0.2) is 24.3 Å². The Morgan fingerprint density at radius 2 is 2.14 bits per heavy atom. The topological polar surface area (TPSA) is 52.9 Å². The van der Waals surface area contributed by atoms with Crippen LogP contribution >= 0.6 is 11.6 Å². The molecule has 21 heavy (non-hydrogen) atoms. The Hall–Kier alpha value is -0.810. The molecule has 2 aliphatic rings. The number of nitrogens with zero attached hydrogens (tertiary/aromatic N) is 1. The summed E-state index contributed by atoms with van der Waals surface area (Å²) in [4.78, 5) is 2.29. The van der Waals surface area contributed by atoms with Crippen molar-refractivity contribution < 1.29 is 14.9 Å². The summed E-state index contributed by atoms with van der Waals surface area (Å²) < 4.78 is 5.66. The van der Waals surface area contributed by atoms with Gasteiger partial charge >= 0.3 is 0 Å². The molecule has 2 atom stereocenters. The molecule has 2 fully saturated rings. The molecule has 0 unspecified atom stereocenters. The summed E-state index contributed by atoms with van der Waals surface area (Å²) in [5, 5.41) is 21.5. The number of hydrogen-bond donors (Lipinski definition) is 2. The SMILES string of the molecule is O[C@H]1CCN(C2CCC2)C[C@]1(O)COc1cccc(Cl)c1. The summed E-state index contributed by atoms with van der Waals surface area (Å²) in [6, 6.07) is 7.66. The third-order valence-electron chi connectivity index (χ3n) is 4.66. The van der Waals surface area contributed by atoms with Crippen LogP contribution in [0, 0.1) is 0 Å². The van der Waals surface area contributed by atoms with Crippen molar-refractivity contribution in [3.05, 3.63) is 29.3 Å². The minimum atomic E-state index is -1.21. The van der Waals surface area contributed by atoms with E-state index in [9.17, 15) is 10.2 Å². The van der Waals surface area contributed by atoms with E-state index in [-0.39, 0.29) is 6.61 Å². The minimum Gasteiger partial charge on any atom is -0.490 e. The maximum atomic E-state index is 10.8. The first kappa shape index (κ1) is 15.1. The molecule has 1 aliphatic carbocycles. The lowest BCUT2D eigenvalue weighted by molar-refractivity contribution is -0.149. The summed E-state index contributed by atoms with van der Waals surface area (Å²) >= 11 is 5.92. The highest BCUT2D eigenvalue weighted by atomic mass is 35.5. The van der Waals surface area contributed by atoms with Crippen molar-refractivity contribution in [2.45, 2.75) is 43.4 Å². The third kappa shape index (κ3) is 3.34. The van der Waals surface area contributed by atoms with Crippen LogP contribution in [0.2, 0.25) is 5.02 Å². The summed E-state index contributed by atoms with van der Waals surface area (Å²) in [6.07, 6.45) is 3.50. The Morgan fingerprint density at radius 1 is 1.33 bits per heavy atom. The molecular weight excluding hydrogens is 290 g/mol. The molecule has 1 saturated carbocycles. The molecule has 2 N–H and O–H groups in total. The van der Waals surface area contributed by atoms with Crippen LogP contribution in [-0.4, -0.2) is 52.6 Å². The molecular formula is C16H22ClNO3. The predicted molar refractivity (Wildman–Crippen MR) is 81.7 cm³/mol. The van der Waals surface area contributed by atoms with Gasteiger partial charge in [0, 0.05) is 24.2 Å². The van der Waals surface area contributed by atoms with E-state index in [1.54, 1.807) is 24.3 Å². The van der Waals surface area contributed by atoms with Crippen LogP contribution < -0.4 is 4.74 Å². The highest BCUT2D eigenvalue weighted by molar-refractivity contribution is 6.30. The molecule has 0 spiro atoms. The Balaban J connectivity index is 1.63. The maximum Gasteiger partial charge on any atom is 0.137 e. The van der Waals surface area contributed by atoms with Gasteiger partial charge in [-0.3, -0.25) is 4.90 Å². The number of benzene rings is 1. The fraction of sp³-hybridized carbons (Fsp3) is 0.625. The van der Waals surface area contributed by atoms with Crippen LogP contribution in [0.1, 0.15) is 25.7 Å². The highest BCUT2D eigenvalue weighted by Gasteiger charge is 2.44. The number of hydrogen-bond acceptors (Lipinski definition) is 4. The van der Waals surface area contributed by atoms with E-state index in [0.29, 0.717) is 29.8 Å². The summed E-state index contributed by atoms with van der Waals surface area (Å²) in [5.41, 5.74) is -1.21. The van der Waals surface area contributed by atoms with E-state index in [4.69, 9.17) is 16.3 Å². The molecule has 1 saturated heterocycles. The Morgan fingerprint density at radius 3 is 2.81 bits per heavy atom. The van der Waals surface area contributed by atoms with E-state index in [2.05, 4.69) is 4.90 Å². The van der Waals surface area contributed by atoms with E-state index >= 15 is 0 Å². The molecule has 1 aromatic rings. The standard InChI is InChI=1S/C16H22ClNO3/c17-12-3-1-6-14(9-12)21-11-16(20)10-18(8-7-15(16)19)13-4-2-5-13/h1,3,6,9,13,15,19-20H,2,4-5,7-8,10-11H2/t15-,16-/m0/s1. The lowest BCUT2D eigenvalue weighted by atomic mass is 9.85. The zero-order chi connectivity index (χ0) is 14.9. The average molecular weight is 312 g/mol. The first-order chi connectivity index (χ1) is 10.1. The van der Waals surface area contributed by atoms with Gasteiger partial charge < -0.3 is 14.9 Å². The number of halogens is 1. The largest absolute Gasteiger partial charge is 0.490 e. The van der Waals surface area contributed by atoms with Gasteiger partial charge in [0.15, 0.2) is 0 Å². The quantitative estimate of drug-likeness (QED) is 0.894. The van der Waals surface area contributed by atoms with Gasteiger partial charge in [-0.15, -0.1) is 0 Å². The zero-order valence-corrected chi connectivity index (χ0v) is 12.8. The van der Waals surface area contributed by atoms with E-state index in [0.717, 1.165) is 6.54 Å². The van der Waals surface area contributed by atoms with Gasteiger partial charge in [-0.25, -0.2) is 0 Å². The third-order valence-corrected chi connectivity index (χ3v) is 4.90. The van der Waals surface area contributed by atoms with Gasteiger partial charge in [-0.2, -0.15) is 0 Å². The molecule has 1 aliphatic heterocycles. The number of piperidine rings is 1. The first-order valence-electron chi connectivity index (χ1n) is 7.60. The minimum absolute atomic E-state index is 0.0811. The molecule has 4 nitrogen and oxygen atoms in total. The van der Waals surface area contributed by atoms with Crippen LogP contribution in [-0.2, 0) is 0 Å². The van der Waals surface area contributed by atoms with Crippen LogP contribution in [0.3, 0.4) is 0 Å². The van der Waals surface area contributed by atoms with Crippen molar-refractivity contribution in [1.29, 1.82) is 0 Å². The van der Waals surface area contributed by atoms with Gasteiger partial charge in [0.2, 0.25) is 0 Å². The van der Waals surface area contributed by atoms with Crippen LogP contribution in [0.5, 0.6) is 5.75 Å². The van der Waals surface area contributed by atoms with Gasteiger partial charge in [-0.1, -0.05) is 24.1 Å². The lowest BCUT2D eigenvalue weighted by Gasteiger charge is -2.47. The first-order valence-corrected chi connectivity index (χ1v) is 7.97. The number of rotatable bonds is 4. The summed E-state index contributed by atoms with van der Waals surface area (Å²) in [7, 11) is 0. The number of likely N-dealkylation sites (tertiary alicyclic amines) is 1. The van der Waals surface area contributed by atoms with E-state index in [1.165, 1.54) is 19.3 Å². The van der Waals surface area contributed by atoms with Gasteiger partial charge in [-0.05, 0) is 37.5 Å². The Bertz CT molecular complexity index is 494. The lowest BCUT2D eigenvalue weighted by Crippen LogP contribution is -2.62. The van der Waals surface area contributed by atoms with Crippen molar-refractivity contribution in [2.24, 2.45) is 0 Å². The molecule has 1 aromatic carbocycles. The Kier molecular flexibility index (Phi) is 4.41. The van der Waals surface area contributed by atoms with Crippen molar-refractivity contribution in [2.75, 3.05) is 19.7 Å². The molecule has 3 rings (SSSR count). The second-order valence-electron chi connectivity index (χ2n) is 6.21. The van der Waals surface area contributed by atoms with Gasteiger partial charge in [0.05, 0.1) is 6.10 Å². The number of aliphatic hydroxyl groups is 2. The van der Waals surface area contributed by atoms with Gasteiger partial charge in [0.1, 0.15) is 18.0 Å². The van der Waals surface area contributed by atoms with Crippen LogP contribution in [0.25, 0.3) is 0 Å². The smallest absolute Gasteiger partial charge is 0.137 e. The second kappa shape index (κ2) is 6.13. The van der Waals surface area contributed by atoms with E-state index < -0.39 is 11.7 Å². The second-order valence-corrected chi connectivity index (χ2v) is 6.65. The molecule has 0 amide bonds. The fourth-order valence-electron chi connectivity index (χ4n) is 3.06. The number of aliphatic hydroxyl groups excluding tert-OH is 1. The van der Waals surface area contributed by atoms with E-state index in [1.807, 2.05) is 0 Å². The average Bonchev–Trinajstić information content (AvgIpc) is 2.39. The molecule has 116 valence electrons. The summed E-state index contributed by atoms with van der Waals surface area (Å²) in [5.74, 6) is 0.615. The van der Waals surface area contributed by atoms with Crippen molar-refractivity contribution in [1.82, 2.24) is 4.90 Å². The van der Waals surface area contributed by atoms with Gasteiger partial charge in [0.25, 0.3) is 0 Å². The molecule has 0 bridgehead atoms. The highest BCUT2D eigenvalue weighted by Crippen LogP contribution is 2.31. The molecule has 0 aromatic heterocycles. The normalized spacial score (nSPS) is 30.9. The molecule has 1 heterocycles. The van der Waals surface area contributed by atoms with Crippen molar-refractivity contribution >= 4 is 11.6 Å². The zero-order valence-electron chi connectivity index (χ0n) is 12.0. The fourth-order valence-corrected chi connectivity index (χ4v) is 3.24. The monoisotopic (exact) mass is 311 g/mol. The number of β-amino-alcohol motifs (C(OH)–C–C–N with tert-alkyl or cyclic N) is 1. The maximum absolute atomic E-state index is 10.8. The predicted octanol–water partition coefficient (Wildman–Crippen LogP) is 2.07. The molecule has 0 radical (unpaired) electrons. The number of ether oxygens (including phenoxy) is 1. The Labute approximate surface area is 130 Å². The van der Waals surface area contributed by atoms with Crippen molar-refractivity contribution in [3.63, 3.8) is 0 Å². The molecule has 5 heteroatoms. The van der Waals surface area contributed by atoms with Crippen LogP contribution in [0.4, 0.5) is 0 Å². The summed E-state index contributed by atoms with van der Waals surface area (Å²) in [6.45, 7) is 1.41. The van der Waals surface area contributed by atoms with Crippen molar-refractivity contribution in [3.8, 4) is 5.75 Å².